The predicted octanol–water partition coefficient (Wildman–Crippen LogP) is 4.37. The topological polar surface area (TPSA) is 49.4 Å². The number of halogens is 2. The number of amides is 2. The van der Waals surface area contributed by atoms with E-state index in [0.29, 0.717) is 18.7 Å². The van der Waals surface area contributed by atoms with E-state index in [1.165, 1.54) is 18.2 Å². The summed E-state index contributed by atoms with van der Waals surface area (Å²) in [4.78, 5) is 26.6. The minimum Gasteiger partial charge on any atom is -0.338 e. The van der Waals surface area contributed by atoms with E-state index in [1.54, 1.807) is 17.0 Å². The molecule has 2 aromatic rings. The van der Waals surface area contributed by atoms with Gasteiger partial charge in [-0.3, -0.25) is 9.59 Å². The SMILES string of the molecule is O=C(Nc1ccccc1)C1CCCN(C(=O)C=Cc2ccc(F)c(Cl)c2)C1. The molecule has 1 N–H and O–H groups in total. The number of carbonyl (C=O) groups excluding carboxylic acids is 2. The number of para-hydroxylation sites is 1. The molecule has 6 heteroatoms. The highest BCUT2D eigenvalue weighted by Gasteiger charge is 2.27. The second kappa shape index (κ2) is 8.82. The van der Waals surface area contributed by atoms with Crippen LogP contribution in [0.3, 0.4) is 0 Å². The Kier molecular flexibility index (Phi) is 6.24. The van der Waals surface area contributed by atoms with Gasteiger partial charge in [-0.15, -0.1) is 0 Å². The van der Waals surface area contributed by atoms with E-state index in [-0.39, 0.29) is 22.8 Å². The summed E-state index contributed by atoms with van der Waals surface area (Å²) >= 11 is 5.75. The summed E-state index contributed by atoms with van der Waals surface area (Å²) < 4.78 is 13.2. The number of carbonyl (C=O) groups is 2. The molecule has 0 saturated carbocycles. The van der Waals surface area contributed by atoms with Crippen molar-refractivity contribution in [3.63, 3.8) is 0 Å². The van der Waals surface area contributed by atoms with E-state index < -0.39 is 5.82 Å². The number of nitrogens with zero attached hydrogens (tertiary/aromatic N) is 1. The number of benzene rings is 2. The van der Waals surface area contributed by atoms with Gasteiger partial charge in [0.2, 0.25) is 11.8 Å². The van der Waals surface area contributed by atoms with Crippen LogP contribution in [0.1, 0.15) is 18.4 Å². The Morgan fingerprint density at radius 3 is 2.70 bits per heavy atom. The maximum absolute atomic E-state index is 13.2. The van der Waals surface area contributed by atoms with Crippen molar-refractivity contribution >= 4 is 35.2 Å². The lowest BCUT2D eigenvalue weighted by molar-refractivity contribution is -0.130. The summed E-state index contributed by atoms with van der Waals surface area (Å²) in [7, 11) is 0. The van der Waals surface area contributed by atoms with Crippen molar-refractivity contribution < 1.29 is 14.0 Å². The maximum Gasteiger partial charge on any atom is 0.246 e. The van der Waals surface area contributed by atoms with Gasteiger partial charge in [0, 0.05) is 24.9 Å². The minimum atomic E-state index is -0.497. The molecule has 4 nitrogen and oxygen atoms in total. The van der Waals surface area contributed by atoms with Gasteiger partial charge in [0.15, 0.2) is 0 Å². The van der Waals surface area contributed by atoms with Crippen molar-refractivity contribution in [1.82, 2.24) is 4.90 Å². The van der Waals surface area contributed by atoms with Gasteiger partial charge in [0.1, 0.15) is 5.82 Å². The van der Waals surface area contributed by atoms with Crippen LogP contribution in [0, 0.1) is 11.7 Å². The number of nitrogens with one attached hydrogen (secondary N) is 1. The van der Waals surface area contributed by atoms with Gasteiger partial charge >= 0.3 is 0 Å². The van der Waals surface area contributed by atoms with Gasteiger partial charge < -0.3 is 10.2 Å². The third-order valence-electron chi connectivity index (χ3n) is 4.51. The average molecular weight is 387 g/mol. The molecule has 0 aromatic heterocycles. The molecule has 27 heavy (non-hydrogen) atoms. The number of anilines is 1. The van der Waals surface area contributed by atoms with Crippen molar-refractivity contribution in [1.29, 1.82) is 0 Å². The van der Waals surface area contributed by atoms with Gasteiger partial charge in [0.05, 0.1) is 10.9 Å². The fourth-order valence-electron chi connectivity index (χ4n) is 3.05. The first-order valence-corrected chi connectivity index (χ1v) is 9.18. The minimum absolute atomic E-state index is 0.0141. The Hall–Kier alpha value is -2.66. The number of rotatable bonds is 4. The molecule has 3 rings (SSSR count). The molecule has 2 amide bonds. The molecule has 1 fully saturated rings. The number of hydrogen-bond acceptors (Lipinski definition) is 2. The molecule has 1 heterocycles. The zero-order valence-corrected chi connectivity index (χ0v) is 15.5. The molecular weight excluding hydrogens is 367 g/mol. The fraction of sp³-hybridized carbons (Fsp3) is 0.238. The smallest absolute Gasteiger partial charge is 0.246 e. The van der Waals surface area contributed by atoms with Gasteiger partial charge in [-0.2, -0.15) is 0 Å². The third kappa shape index (κ3) is 5.17. The van der Waals surface area contributed by atoms with Gasteiger partial charge in [0.25, 0.3) is 0 Å². The molecule has 0 radical (unpaired) electrons. The predicted molar refractivity (Wildman–Crippen MR) is 105 cm³/mol. The lowest BCUT2D eigenvalue weighted by atomic mass is 9.97. The summed E-state index contributed by atoms with van der Waals surface area (Å²) in [5.41, 5.74) is 1.39. The van der Waals surface area contributed by atoms with Crippen LogP contribution in [-0.4, -0.2) is 29.8 Å². The van der Waals surface area contributed by atoms with E-state index in [1.807, 2.05) is 30.3 Å². The number of likely N-dealkylation sites (tertiary alicyclic amines) is 1. The van der Waals surface area contributed by atoms with E-state index in [2.05, 4.69) is 5.32 Å². The monoisotopic (exact) mass is 386 g/mol. The van der Waals surface area contributed by atoms with Gasteiger partial charge in [-0.25, -0.2) is 4.39 Å². The van der Waals surface area contributed by atoms with E-state index in [0.717, 1.165) is 18.5 Å². The third-order valence-corrected chi connectivity index (χ3v) is 4.80. The van der Waals surface area contributed by atoms with Crippen LogP contribution in [0.5, 0.6) is 0 Å². The van der Waals surface area contributed by atoms with E-state index >= 15 is 0 Å². The molecule has 1 aliphatic heterocycles. The van der Waals surface area contributed by atoms with Crippen molar-refractivity contribution in [3.05, 3.63) is 71.0 Å². The molecule has 0 aliphatic carbocycles. The molecule has 140 valence electrons. The molecule has 1 atom stereocenters. The standard InChI is InChI=1S/C21H20ClFN2O2/c22-18-13-15(8-10-19(18)23)9-11-20(26)25-12-4-5-16(14-25)21(27)24-17-6-2-1-3-7-17/h1-3,6-11,13,16H,4-5,12,14H2,(H,24,27). The van der Waals surface area contributed by atoms with Gasteiger partial charge in [-0.1, -0.05) is 35.9 Å². The Morgan fingerprint density at radius 1 is 1.19 bits per heavy atom. The molecule has 1 unspecified atom stereocenters. The van der Waals surface area contributed by atoms with Crippen molar-refractivity contribution in [2.24, 2.45) is 5.92 Å². The van der Waals surface area contributed by atoms with Crippen molar-refractivity contribution in [3.8, 4) is 0 Å². The Balaban J connectivity index is 1.59. The second-order valence-electron chi connectivity index (χ2n) is 6.49. The van der Waals surface area contributed by atoms with Crippen LogP contribution in [0.4, 0.5) is 10.1 Å². The normalized spacial score (nSPS) is 17.1. The summed E-state index contributed by atoms with van der Waals surface area (Å²) in [5, 5.41) is 2.91. The quantitative estimate of drug-likeness (QED) is 0.793. The summed E-state index contributed by atoms with van der Waals surface area (Å²) in [6.07, 6.45) is 4.55. The lowest BCUT2D eigenvalue weighted by Crippen LogP contribution is -2.43. The Bertz CT molecular complexity index is 855. The summed E-state index contributed by atoms with van der Waals surface area (Å²) in [5.74, 6) is -0.985. The first kappa shape index (κ1) is 19.1. The first-order valence-electron chi connectivity index (χ1n) is 8.81. The van der Waals surface area contributed by atoms with Crippen LogP contribution < -0.4 is 5.32 Å². The van der Waals surface area contributed by atoms with Gasteiger partial charge in [-0.05, 0) is 48.7 Å². The van der Waals surface area contributed by atoms with Crippen molar-refractivity contribution in [2.75, 3.05) is 18.4 Å². The van der Waals surface area contributed by atoms with Crippen molar-refractivity contribution in [2.45, 2.75) is 12.8 Å². The largest absolute Gasteiger partial charge is 0.338 e. The lowest BCUT2D eigenvalue weighted by Gasteiger charge is -2.31. The average Bonchev–Trinajstić information content (AvgIpc) is 2.69. The number of hydrogen-bond donors (Lipinski definition) is 1. The highest BCUT2D eigenvalue weighted by atomic mass is 35.5. The molecule has 1 aliphatic rings. The van der Waals surface area contributed by atoms with Crippen LogP contribution in [0.25, 0.3) is 6.08 Å². The Morgan fingerprint density at radius 2 is 1.96 bits per heavy atom. The Labute approximate surface area is 162 Å². The molecule has 1 saturated heterocycles. The molecule has 2 aromatic carbocycles. The molecule has 0 bridgehead atoms. The van der Waals surface area contributed by atoms with Crippen LogP contribution in [0.15, 0.2) is 54.6 Å². The summed E-state index contributed by atoms with van der Waals surface area (Å²) in [6, 6.07) is 13.6. The molecule has 0 spiro atoms. The second-order valence-corrected chi connectivity index (χ2v) is 6.89. The summed E-state index contributed by atoms with van der Waals surface area (Å²) in [6.45, 7) is 0.995. The van der Waals surface area contributed by atoms with E-state index in [4.69, 9.17) is 11.6 Å². The zero-order valence-electron chi connectivity index (χ0n) is 14.7. The van der Waals surface area contributed by atoms with Crippen LogP contribution in [0.2, 0.25) is 5.02 Å². The first-order chi connectivity index (χ1) is 13.0. The molecular formula is C21H20ClFN2O2. The fourth-order valence-corrected chi connectivity index (χ4v) is 3.24. The van der Waals surface area contributed by atoms with E-state index in [9.17, 15) is 14.0 Å². The highest BCUT2D eigenvalue weighted by Crippen LogP contribution is 2.20. The maximum atomic E-state index is 13.2. The van der Waals surface area contributed by atoms with Crippen LogP contribution in [-0.2, 0) is 9.59 Å². The highest BCUT2D eigenvalue weighted by molar-refractivity contribution is 6.30. The van der Waals surface area contributed by atoms with Crippen LogP contribution >= 0.6 is 11.6 Å². The zero-order chi connectivity index (χ0) is 19.2. The number of piperidine rings is 1.